The lowest BCUT2D eigenvalue weighted by atomic mass is 10.0. The molecule has 0 saturated carbocycles. The van der Waals surface area contributed by atoms with E-state index in [9.17, 15) is 4.79 Å². The summed E-state index contributed by atoms with van der Waals surface area (Å²) in [7, 11) is 0. The molecule has 0 saturated heterocycles. The van der Waals surface area contributed by atoms with Gasteiger partial charge in [-0.15, -0.1) is 0 Å². The zero-order valence-electron chi connectivity index (χ0n) is 7.90. The van der Waals surface area contributed by atoms with Gasteiger partial charge in [0, 0.05) is 5.56 Å². The maximum Gasteiger partial charge on any atom is 0.252 e. The van der Waals surface area contributed by atoms with Crippen LogP contribution in [0, 0.1) is 0 Å². The Morgan fingerprint density at radius 2 is 2.07 bits per heavy atom. The van der Waals surface area contributed by atoms with Crippen molar-refractivity contribution in [1.29, 1.82) is 0 Å². The quantitative estimate of drug-likeness (QED) is 0.791. The molecule has 2 rings (SSSR count). The van der Waals surface area contributed by atoms with Gasteiger partial charge >= 0.3 is 0 Å². The zero-order valence-corrected chi connectivity index (χ0v) is 8.66. The van der Waals surface area contributed by atoms with Gasteiger partial charge in [0.2, 0.25) is 0 Å². The number of hydrogen-bond donors (Lipinski definition) is 1. The summed E-state index contributed by atoms with van der Waals surface area (Å²) in [5.41, 5.74) is 1.32. The summed E-state index contributed by atoms with van der Waals surface area (Å²) in [4.78, 5) is 11.0. The molecule has 15 heavy (non-hydrogen) atoms. The maximum atomic E-state index is 11.0. The van der Waals surface area contributed by atoms with Crippen LogP contribution in [0.25, 0.3) is 10.8 Å². The first-order chi connectivity index (χ1) is 7.22. The number of carbonyl (C=O) groups excluding carboxylic acids is 1. The average molecular weight is 221 g/mol. The number of benzene rings is 2. The molecular weight excluding hydrogens is 212 g/mol. The Balaban J connectivity index is 2.69. The van der Waals surface area contributed by atoms with Crippen LogP contribution in [0.1, 0.15) is 15.9 Å². The molecular formula is C12H9ClO2. The number of halogens is 1. The lowest BCUT2D eigenvalue weighted by molar-refractivity contribution is 0.108. The van der Waals surface area contributed by atoms with E-state index >= 15 is 0 Å². The Kier molecular flexibility index (Phi) is 2.71. The summed E-state index contributed by atoms with van der Waals surface area (Å²) in [6.07, 6.45) is 0. The van der Waals surface area contributed by atoms with E-state index in [0.29, 0.717) is 5.56 Å². The molecule has 3 heteroatoms. The largest absolute Gasteiger partial charge is 0.392 e. The Labute approximate surface area is 92.1 Å². The molecule has 0 atom stereocenters. The summed E-state index contributed by atoms with van der Waals surface area (Å²) < 4.78 is 0. The number of aliphatic hydroxyl groups excluding tert-OH is 1. The van der Waals surface area contributed by atoms with Gasteiger partial charge in [0.05, 0.1) is 6.61 Å². The first kappa shape index (κ1) is 10.1. The molecule has 2 aromatic rings. The SMILES string of the molecule is O=C(Cl)c1ccc2c(CO)cccc2c1. The van der Waals surface area contributed by atoms with Crippen LogP contribution in [0.15, 0.2) is 36.4 Å². The normalized spacial score (nSPS) is 10.5. The van der Waals surface area contributed by atoms with Gasteiger partial charge in [0.1, 0.15) is 0 Å². The fourth-order valence-corrected chi connectivity index (χ4v) is 1.73. The first-order valence-electron chi connectivity index (χ1n) is 4.54. The number of hydrogen-bond acceptors (Lipinski definition) is 2. The van der Waals surface area contributed by atoms with Gasteiger partial charge in [-0.2, -0.15) is 0 Å². The predicted molar refractivity (Wildman–Crippen MR) is 60.1 cm³/mol. The average Bonchev–Trinajstić information content (AvgIpc) is 2.27. The molecule has 0 radical (unpaired) electrons. The van der Waals surface area contributed by atoms with E-state index in [4.69, 9.17) is 16.7 Å². The molecule has 0 fully saturated rings. The Bertz CT molecular complexity index is 520. The Morgan fingerprint density at radius 3 is 2.73 bits per heavy atom. The fraction of sp³-hybridized carbons (Fsp3) is 0.0833. The number of rotatable bonds is 2. The number of aliphatic hydroxyl groups is 1. The van der Waals surface area contributed by atoms with Gasteiger partial charge in [0.25, 0.3) is 5.24 Å². The van der Waals surface area contributed by atoms with E-state index in [1.807, 2.05) is 18.2 Å². The minimum atomic E-state index is -0.466. The number of carbonyl (C=O) groups is 1. The minimum absolute atomic E-state index is 0.00842. The molecule has 0 aliphatic heterocycles. The summed E-state index contributed by atoms with van der Waals surface area (Å²) in [6.45, 7) is -0.00842. The van der Waals surface area contributed by atoms with Gasteiger partial charge < -0.3 is 5.11 Å². The molecule has 0 amide bonds. The fourth-order valence-electron chi connectivity index (χ4n) is 1.61. The van der Waals surface area contributed by atoms with Crippen LogP contribution in [0.3, 0.4) is 0 Å². The van der Waals surface area contributed by atoms with Crippen molar-refractivity contribution < 1.29 is 9.90 Å². The second-order valence-electron chi connectivity index (χ2n) is 3.28. The molecule has 1 N–H and O–H groups in total. The van der Waals surface area contributed by atoms with Crippen molar-refractivity contribution in [2.24, 2.45) is 0 Å². The molecule has 0 heterocycles. The lowest BCUT2D eigenvalue weighted by Gasteiger charge is -2.04. The van der Waals surface area contributed by atoms with Gasteiger partial charge in [-0.1, -0.05) is 24.3 Å². The zero-order chi connectivity index (χ0) is 10.8. The van der Waals surface area contributed by atoms with Crippen LogP contribution < -0.4 is 0 Å². The monoisotopic (exact) mass is 220 g/mol. The highest BCUT2D eigenvalue weighted by Gasteiger charge is 2.04. The van der Waals surface area contributed by atoms with Crippen molar-refractivity contribution in [1.82, 2.24) is 0 Å². The molecule has 0 aliphatic rings. The maximum absolute atomic E-state index is 11.0. The van der Waals surface area contributed by atoms with Crippen molar-refractivity contribution >= 4 is 27.6 Å². The van der Waals surface area contributed by atoms with Crippen LogP contribution in [-0.2, 0) is 6.61 Å². The van der Waals surface area contributed by atoms with Crippen LogP contribution in [0.4, 0.5) is 0 Å². The Hall–Kier alpha value is -1.38. The lowest BCUT2D eigenvalue weighted by Crippen LogP contribution is -1.90. The van der Waals surface area contributed by atoms with Gasteiger partial charge in [-0.3, -0.25) is 4.79 Å². The smallest absolute Gasteiger partial charge is 0.252 e. The first-order valence-corrected chi connectivity index (χ1v) is 4.92. The van der Waals surface area contributed by atoms with E-state index < -0.39 is 5.24 Å². The van der Waals surface area contributed by atoms with Crippen molar-refractivity contribution in [2.45, 2.75) is 6.61 Å². The second kappa shape index (κ2) is 4.01. The van der Waals surface area contributed by atoms with Gasteiger partial charge in [0.15, 0.2) is 0 Å². The van der Waals surface area contributed by atoms with Crippen LogP contribution >= 0.6 is 11.6 Å². The van der Waals surface area contributed by atoms with Gasteiger partial charge in [-0.05, 0) is 40.1 Å². The summed E-state index contributed by atoms with van der Waals surface area (Å²) >= 11 is 5.39. The van der Waals surface area contributed by atoms with E-state index in [0.717, 1.165) is 16.3 Å². The summed E-state index contributed by atoms with van der Waals surface area (Å²) in [6, 6.07) is 10.8. The van der Waals surface area contributed by atoms with Crippen molar-refractivity contribution in [2.75, 3.05) is 0 Å². The highest BCUT2D eigenvalue weighted by Crippen LogP contribution is 2.21. The molecule has 2 aromatic carbocycles. The van der Waals surface area contributed by atoms with Crippen LogP contribution in [0.5, 0.6) is 0 Å². The second-order valence-corrected chi connectivity index (χ2v) is 3.63. The molecule has 0 spiro atoms. The minimum Gasteiger partial charge on any atom is -0.392 e. The third-order valence-electron chi connectivity index (χ3n) is 2.37. The van der Waals surface area contributed by atoms with Crippen LogP contribution in [-0.4, -0.2) is 10.3 Å². The van der Waals surface area contributed by atoms with E-state index in [2.05, 4.69) is 0 Å². The van der Waals surface area contributed by atoms with Crippen molar-refractivity contribution in [3.8, 4) is 0 Å². The molecule has 0 bridgehead atoms. The van der Waals surface area contributed by atoms with Gasteiger partial charge in [-0.25, -0.2) is 0 Å². The molecule has 0 unspecified atom stereocenters. The molecule has 76 valence electrons. The molecule has 2 nitrogen and oxygen atoms in total. The molecule has 0 aromatic heterocycles. The summed E-state index contributed by atoms with van der Waals surface area (Å²) in [5, 5.41) is 10.5. The van der Waals surface area contributed by atoms with Crippen molar-refractivity contribution in [3.63, 3.8) is 0 Å². The Morgan fingerprint density at radius 1 is 1.27 bits per heavy atom. The topological polar surface area (TPSA) is 37.3 Å². The standard InChI is InChI=1S/C12H9ClO2/c13-12(15)9-4-5-11-8(6-9)2-1-3-10(11)7-14/h1-6,14H,7H2. The third kappa shape index (κ3) is 1.87. The summed E-state index contributed by atoms with van der Waals surface area (Å²) in [5.74, 6) is 0. The van der Waals surface area contributed by atoms with Crippen LogP contribution in [0.2, 0.25) is 0 Å². The van der Waals surface area contributed by atoms with Crippen molar-refractivity contribution in [3.05, 3.63) is 47.5 Å². The predicted octanol–water partition coefficient (Wildman–Crippen LogP) is 2.71. The molecule has 0 aliphatic carbocycles. The van der Waals surface area contributed by atoms with E-state index in [1.54, 1.807) is 18.2 Å². The van der Waals surface area contributed by atoms with E-state index in [1.165, 1.54) is 0 Å². The third-order valence-corrected chi connectivity index (χ3v) is 2.59. The number of fused-ring (bicyclic) bond motifs is 1. The highest BCUT2D eigenvalue weighted by molar-refractivity contribution is 6.67. The van der Waals surface area contributed by atoms with E-state index in [-0.39, 0.29) is 6.61 Å². The highest BCUT2D eigenvalue weighted by atomic mass is 35.5.